The molecule has 0 saturated heterocycles. The smallest absolute Gasteiger partial charge is 0.179 e. The maximum atomic E-state index is 12.4. The maximum Gasteiger partial charge on any atom is 0.179 e. The highest BCUT2D eigenvalue weighted by Crippen LogP contribution is 2.49. The van der Waals surface area contributed by atoms with Gasteiger partial charge in [0, 0.05) is 34.0 Å². The first kappa shape index (κ1) is 17.8. The fourth-order valence-electron chi connectivity index (χ4n) is 3.24. The lowest BCUT2D eigenvalue weighted by atomic mass is 9.88. The molecule has 0 spiro atoms. The van der Waals surface area contributed by atoms with Crippen molar-refractivity contribution in [2.45, 2.75) is 23.6 Å². The number of thioether (sulfide) groups is 1. The van der Waals surface area contributed by atoms with Crippen molar-refractivity contribution >= 4 is 40.4 Å². The zero-order chi connectivity index (χ0) is 19.2. The van der Waals surface area contributed by atoms with Crippen LogP contribution in [0.4, 0.5) is 0 Å². The second-order valence-corrected chi connectivity index (χ2v) is 8.38. The van der Waals surface area contributed by atoms with Gasteiger partial charge >= 0.3 is 0 Å². The first-order chi connectivity index (χ1) is 12.9. The summed E-state index contributed by atoms with van der Waals surface area (Å²) >= 11 is 2.62. The second kappa shape index (κ2) is 6.51. The van der Waals surface area contributed by atoms with Crippen molar-refractivity contribution in [1.29, 1.82) is 5.41 Å². The third-order valence-electron chi connectivity index (χ3n) is 4.57. The highest BCUT2D eigenvalue weighted by Gasteiger charge is 2.53. The van der Waals surface area contributed by atoms with Crippen molar-refractivity contribution in [1.82, 2.24) is 9.97 Å². The number of hydrogen-bond donors (Lipinski definition) is 1. The maximum absolute atomic E-state index is 12.4. The second-order valence-electron chi connectivity index (χ2n) is 6.22. The van der Waals surface area contributed by atoms with E-state index >= 15 is 0 Å². The van der Waals surface area contributed by atoms with E-state index in [2.05, 4.69) is 9.97 Å². The summed E-state index contributed by atoms with van der Waals surface area (Å²) in [5.41, 5.74) is 2.95. The summed E-state index contributed by atoms with van der Waals surface area (Å²) in [6.07, 6.45) is 3.42. The van der Waals surface area contributed by atoms with Crippen LogP contribution >= 0.6 is 23.1 Å². The molecule has 4 heterocycles. The molecule has 3 aromatic heterocycles. The molecule has 27 heavy (non-hydrogen) atoms. The molecule has 0 bridgehead atoms. The molecule has 0 amide bonds. The average Bonchev–Trinajstić information content (AvgIpc) is 3.29. The van der Waals surface area contributed by atoms with Crippen molar-refractivity contribution in [2.75, 3.05) is 0 Å². The Morgan fingerprint density at radius 1 is 1.15 bits per heavy atom. The summed E-state index contributed by atoms with van der Waals surface area (Å²) in [4.78, 5) is 34.7. The molecule has 3 aromatic rings. The number of fused-ring (bicyclic) bond motifs is 1. The first-order valence-corrected chi connectivity index (χ1v) is 9.94. The first-order valence-electron chi connectivity index (χ1n) is 8.25. The van der Waals surface area contributed by atoms with Crippen molar-refractivity contribution in [3.8, 4) is 21.7 Å². The molecular weight excluding hydrogens is 378 g/mol. The van der Waals surface area contributed by atoms with Crippen LogP contribution in [-0.4, -0.2) is 32.0 Å². The van der Waals surface area contributed by atoms with E-state index in [1.165, 1.54) is 13.8 Å². The number of pyridine rings is 2. The number of carbonyl (C=O) groups excluding carboxylic acids is 2. The lowest BCUT2D eigenvalue weighted by Crippen LogP contribution is -2.45. The zero-order valence-electron chi connectivity index (χ0n) is 14.6. The van der Waals surface area contributed by atoms with Crippen molar-refractivity contribution < 1.29 is 9.59 Å². The van der Waals surface area contributed by atoms with Crippen LogP contribution in [0, 0.1) is 5.41 Å². The van der Waals surface area contributed by atoms with Crippen LogP contribution < -0.4 is 0 Å². The predicted octanol–water partition coefficient (Wildman–Crippen LogP) is 4.26. The SMILES string of the molecule is CC(=O)C1(C(C)=O)Sc2nc(-c3cccnc3)cc(-c3cccs3)c2C1=N. The Kier molecular flexibility index (Phi) is 4.28. The van der Waals surface area contributed by atoms with Gasteiger partial charge in [0.15, 0.2) is 16.3 Å². The van der Waals surface area contributed by atoms with Crippen LogP contribution in [0.2, 0.25) is 0 Å². The van der Waals surface area contributed by atoms with Gasteiger partial charge in [0.05, 0.1) is 11.4 Å². The van der Waals surface area contributed by atoms with Gasteiger partial charge in [0.25, 0.3) is 0 Å². The van der Waals surface area contributed by atoms with Gasteiger partial charge in [0.2, 0.25) is 0 Å². The third kappa shape index (κ3) is 2.65. The van der Waals surface area contributed by atoms with Gasteiger partial charge in [-0.3, -0.25) is 14.6 Å². The van der Waals surface area contributed by atoms with Crippen LogP contribution in [-0.2, 0) is 9.59 Å². The van der Waals surface area contributed by atoms with E-state index in [-0.39, 0.29) is 17.3 Å². The highest BCUT2D eigenvalue weighted by atomic mass is 32.2. The molecule has 0 aromatic carbocycles. The number of nitrogens with zero attached hydrogens (tertiary/aromatic N) is 2. The van der Waals surface area contributed by atoms with E-state index in [9.17, 15) is 9.59 Å². The molecule has 7 heteroatoms. The van der Waals surface area contributed by atoms with Crippen LogP contribution in [0.15, 0.2) is 53.1 Å². The summed E-state index contributed by atoms with van der Waals surface area (Å²) < 4.78 is -1.52. The molecule has 4 rings (SSSR count). The molecule has 134 valence electrons. The van der Waals surface area contributed by atoms with Crippen LogP contribution in [0.5, 0.6) is 0 Å². The fourth-order valence-corrected chi connectivity index (χ4v) is 5.23. The van der Waals surface area contributed by atoms with Gasteiger partial charge in [-0.1, -0.05) is 17.8 Å². The largest absolute Gasteiger partial charge is 0.302 e. The van der Waals surface area contributed by atoms with Crippen LogP contribution in [0.25, 0.3) is 21.7 Å². The molecule has 1 aliphatic rings. The number of carbonyl (C=O) groups is 2. The van der Waals surface area contributed by atoms with E-state index in [4.69, 9.17) is 5.41 Å². The Bertz CT molecular complexity index is 1060. The molecule has 0 saturated carbocycles. The van der Waals surface area contributed by atoms with Gasteiger partial charge in [-0.2, -0.15) is 0 Å². The molecular formula is C20H15N3O2S2. The number of thiophene rings is 1. The minimum atomic E-state index is -1.52. The monoisotopic (exact) mass is 393 g/mol. The molecule has 0 unspecified atom stereocenters. The molecule has 1 aliphatic heterocycles. The number of hydrogen-bond acceptors (Lipinski definition) is 7. The normalized spacial score (nSPS) is 14.8. The van der Waals surface area contributed by atoms with Crippen molar-refractivity contribution in [3.05, 3.63) is 53.7 Å². The minimum absolute atomic E-state index is 0.0242. The van der Waals surface area contributed by atoms with Crippen molar-refractivity contribution in [3.63, 3.8) is 0 Å². The summed E-state index contributed by atoms with van der Waals surface area (Å²) in [6, 6.07) is 9.55. The van der Waals surface area contributed by atoms with E-state index in [0.29, 0.717) is 16.3 Å². The number of Topliss-reactive ketones (excluding diaryl/α,β-unsaturated/α-hetero) is 2. The number of aromatic nitrogens is 2. The molecule has 0 atom stereocenters. The Balaban J connectivity index is 2.00. The topological polar surface area (TPSA) is 83.8 Å². The molecule has 0 aliphatic carbocycles. The van der Waals surface area contributed by atoms with Crippen LogP contribution in [0.3, 0.4) is 0 Å². The van der Waals surface area contributed by atoms with Gasteiger partial charge in [-0.05, 0) is 43.5 Å². The van der Waals surface area contributed by atoms with E-state index in [1.54, 1.807) is 23.7 Å². The standard InChI is InChI=1S/C20H15N3O2S2/c1-11(24)20(12(2)25)18(21)17-14(16-6-4-8-26-16)9-15(23-19(17)27-20)13-5-3-7-22-10-13/h3-10,21H,1-2H3. The van der Waals surface area contributed by atoms with Gasteiger partial charge in [0.1, 0.15) is 5.03 Å². The third-order valence-corrected chi connectivity index (χ3v) is 7.05. The Morgan fingerprint density at radius 2 is 1.93 bits per heavy atom. The summed E-state index contributed by atoms with van der Waals surface area (Å²) in [5.74, 6) is -0.689. The quantitative estimate of drug-likeness (QED) is 0.670. The Hall–Kier alpha value is -2.64. The lowest BCUT2D eigenvalue weighted by Gasteiger charge is -2.21. The minimum Gasteiger partial charge on any atom is -0.302 e. The van der Waals surface area contributed by atoms with E-state index < -0.39 is 4.75 Å². The van der Waals surface area contributed by atoms with E-state index in [1.807, 2.05) is 35.7 Å². The Morgan fingerprint density at radius 3 is 2.52 bits per heavy atom. The fraction of sp³-hybridized carbons (Fsp3) is 0.150. The van der Waals surface area contributed by atoms with E-state index in [0.717, 1.165) is 27.8 Å². The lowest BCUT2D eigenvalue weighted by molar-refractivity contribution is -0.125. The molecule has 5 nitrogen and oxygen atoms in total. The molecule has 1 N–H and O–H groups in total. The average molecular weight is 393 g/mol. The number of rotatable bonds is 4. The van der Waals surface area contributed by atoms with Crippen molar-refractivity contribution in [2.24, 2.45) is 0 Å². The van der Waals surface area contributed by atoms with Gasteiger partial charge in [-0.15, -0.1) is 11.3 Å². The summed E-state index contributed by atoms with van der Waals surface area (Å²) in [7, 11) is 0. The molecule has 0 fully saturated rings. The number of ketones is 2. The zero-order valence-corrected chi connectivity index (χ0v) is 16.3. The summed E-state index contributed by atoms with van der Waals surface area (Å²) in [6.45, 7) is 2.73. The Labute approximate surface area is 164 Å². The summed E-state index contributed by atoms with van der Waals surface area (Å²) in [5, 5.41) is 11.2. The van der Waals surface area contributed by atoms with Crippen LogP contribution in [0.1, 0.15) is 19.4 Å². The van der Waals surface area contributed by atoms with Gasteiger partial charge in [-0.25, -0.2) is 4.98 Å². The molecule has 0 radical (unpaired) electrons. The highest BCUT2D eigenvalue weighted by molar-refractivity contribution is 8.03. The predicted molar refractivity (Wildman–Crippen MR) is 108 cm³/mol. The van der Waals surface area contributed by atoms with Gasteiger partial charge < -0.3 is 5.41 Å². The number of nitrogens with one attached hydrogen (secondary N) is 1.